The van der Waals surface area contributed by atoms with Gasteiger partial charge in [-0.3, -0.25) is 0 Å². The van der Waals surface area contributed by atoms with Crippen LogP contribution in [0.15, 0.2) is 12.2 Å². The molecule has 0 aliphatic heterocycles. The molecule has 0 bridgehead atoms. The fourth-order valence-corrected chi connectivity index (χ4v) is 5.89. The van der Waals surface area contributed by atoms with E-state index in [1.54, 1.807) is 19.3 Å². The first-order chi connectivity index (χ1) is 9.26. The van der Waals surface area contributed by atoms with E-state index in [2.05, 4.69) is 38.4 Å². The van der Waals surface area contributed by atoms with Gasteiger partial charge in [-0.25, -0.2) is 0 Å². The van der Waals surface area contributed by atoms with Gasteiger partial charge in [0.05, 0.1) is 3.23 Å². The van der Waals surface area contributed by atoms with E-state index in [-0.39, 0.29) is 72.2 Å². The van der Waals surface area contributed by atoms with Crippen molar-refractivity contribution in [2.24, 2.45) is 16.2 Å². The molecule has 0 aromatic carbocycles. The van der Waals surface area contributed by atoms with Gasteiger partial charge in [0, 0.05) is 28.9 Å². The fourth-order valence-electron chi connectivity index (χ4n) is 2.40. The first-order valence-corrected chi connectivity index (χ1v) is 10.3. The molecule has 134 valence electrons. The van der Waals surface area contributed by atoms with Crippen molar-refractivity contribution in [2.75, 3.05) is 23.5 Å². The van der Waals surface area contributed by atoms with Crippen molar-refractivity contribution >= 4 is 78.3 Å². The van der Waals surface area contributed by atoms with Crippen molar-refractivity contribution in [3.05, 3.63) is 19.6 Å². The topological polar surface area (TPSA) is 0 Å². The van der Waals surface area contributed by atoms with Gasteiger partial charge in [-0.15, -0.1) is 46.4 Å². The number of rotatable bonds is 4. The quantitative estimate of drug-likeness (QED) is 0.154. The normalized spacial score (nSPS) is 31.6. The molecule has 4 saturated carbocycles. The van der Waals surface area contributed by atoms with Crippen molar-refractivity contribution in [3.63, 3.8) is 0 Å². The van der Waals surface area contributed by atoms with E-state index < -0.39 is 0 Å². The summed E-state index contributed by atoms with van der Waals surface area (Å²) in [6.07, 6.45) is 5.90. The van der Waals surface area contributed by atoms with E-state index in [0.29, 0.717) is 23.5 Å². The summed E-state index contributed by atoms with van der Waals surface area (Å²) in [5.74, 6) is 2.19. The molecule has 0 nitrogen and oxygen atoms in total. The Morgan fingerprint density at radius 2 is 1.12 bits per heavy atom. The third kappa shape index (κ3) is 6.80. The summed E-state index contributed by atoms with van der Waals surface area (Å²) < 4.78 is 0.0243. The van der Waals surface area contributed by atoms with Crippen LogP contribution in [0.1, 0.15) is 27.1 Å². The average molecular weight is 598 g/mol. The predicted octanol–water partition coefficient (Wildman–Crippen LogP) is -1.89. The molecular formula is C15H22Br3Cl4Li2-. The van der Waals surface area contributed by atoms with Crippen molar-refractivity contribution in [2.45, 2.75) is 28.9 Å². The fraction of sp³-hybridized carbons (Fsp3) is 0.800. The molecule has 0 amide bonds. The monoisotopic (exact) mass is 593 g/mol. The minimum absolute atomic E-state index is 0. The van der Waals surface area contributed by atoms with E-state index >= 15 is 0 Å². The molecule has 4 fully saturated rings. The van der Waals surface area contributed by atoms with Crippen LogP contribution in [0.2, 0.25) is 0 Å². The van der Waals surface area contributed by atoms with Crippen molar-refractivity contribution in [1.82, 2.24) is 0 Å². The van der Waals surface area contributed by atoms with Gasteiger partial charge in [-0.05, 0) is 42.1 Å². The molecule has 0 N–H and O–H groups in total. The zero-order chi connectivity index (χ0) is 15.2. The SMILES string of the molecule is C1C23CC12C3.C=C(CCl)CCl.ClCC1(CCl)CC1(Br)Br.[Br-].[CH3-].[H-].[Li+].[Li+]. The Bertz CT molecular complexity index is 386. The van der Waals surface area contributed by atoms with Gasteiger partial charge in [0.15, 0.2) is 0 Å². The standard InChI is InChI=1S/C5H6Br2Cl2.C5H6.C4H6Cl2.CH3.BrH.2Li.H/c6-5(7)1-4(5,2-8)3-9;1-4-2-5(1,4)3-4;1-4(2-5)3-6;;;;;/h1-3H2;1-3H2;1-3H2;1H3;1H;;;/q;;;-1;;2*+1;-1/p-1. The predicted molar refractivity (Wildman–Crippen MR) is 106 cm³/mol. The third-order valence-corrected chi connectivity index (χ3v) is 8.90. The summed E-state index contributed by atoms with van der Waals surface area (Å²) in [5, 5.41) is 0. The molecular weight excluding hydrogens is 576 g/mol. The zero-order valence-electron chi connectivity index (χ0n) is 15.5. The number of halogens is 7. The minimum atomic E-state index is 0. The van der Waals surface area contributed by atoms with Crippen LogP contribution in [0.3, 0.4) is 0 Å². The van der Waals surface area contributed by atoms with E-state index in [1.165, 1.54) is 0 Å². The van der Waals surface area contributed by atoms with E-state index in [4.69, 9.17) is 46.4 Å². The molecule has 0 saturated heterocycles. The number of allylic oxidation sites excluding steroid dienone is 1. The van der Waals surface area contributed by atoms with Crippen molar-refractivity contribution in [3.8, 4) is 0 Å². The van der Waals surface area contributed by atoms with Gasteiger partial charge in [-0.1, -0.05) is 38.4 Å². The summed E-state index contributed by atoms with van der Waals surface area (Å²) in [4.78, 5) is 0. The van der Waals surface area contributed by atoms with Crippen LogP contribution in [0.25, 0.3) is 0 Å². The first kappa shape index (κ1) is 32.2. The minimum Gasteiger partial charge on any atom is -1.00 e. The van der Waals surface area contributed by atoms with Crippen molar-refractivity contribution in [1.29, 1.82) is 0 Å². The molecule has 24 heavy (non-hydrogen) atoms. The Kier molecular flexibility index (Phi) is 15.6. The van der Waals surface area contributed by atoms with E-state index in [9.17, 15) is 0 Å². The van der Waals surface area contributed by atoms with Crippen LogP contribution in [0.5, 0.6) is 0 Å². The molecule has 4 aliphatic rings. The molecule has 4 aliphatic carbocycles. The van der Waals surface area contributed by atoms with Gasteiger partial charge in [0.2, 0.25) is 0 Å². The smallest absolute Gasteiger partial charge is 1.00 e. The second-order valence-corrected chi connectivity index (χ2v) is 11.4. The average Bonchev–Trinajstić information content (AvgIpc) is 3.24. The summed E-state index contributed by atoms with van der Waals surface area (Å²) in [6, 6.07) is 0. The second-order valence-electron chi connectivity index (χ2n) is 6.54. The van der Waals surface area contributed by atoms with Crippen LogP contribution >= 0.6 is 78.3 Å². The third-order valence-electron chi connectivity index (χ3n) is 4.88. The molecule has 0 aromatic rings. The number of alkyl halides is 6. The summed E-state index contributed by atoms with van der Waals surface area (Å²) in [7, 11) is 0. The molecule has 4 rings (SSSR count). The first-order valence-electron chi connectivity index (χ1n) is 6.54. The van der Waals surface area contributed by atoms with Gasteiger partial charge in [0.1, 0.15) is 0 Å². The van der Waals surface area contributed by atoms with Gasteiger partial charge < -0.3 is 25.8 Å². The van der Waals surface area contributed by atoms with Crippen LogP contribution in [-0.2, 0) is 0 Å². The number of hydrogen-bond donors (Lipinski definition) is 0. The Morgan fingerprint density at radius 1 is 0.875 bits per heavy atom. The van der Waals surface area contributed by atoms with Crippen LogP contribution in [0, 0.1) is 23.7 Å². The summed E-state index contributed by atoms with van der Waals surface area (Å²) in [5.41, 5.74) is 3.09. The van der Waals surface area contributed by atoms with Gasteiger partial charge in [0.25, 0.3) is 0 Å². The molecule has 0 spiro atoms. The molecule has 0 atom stereocenters. The molecule has 0 unspecified atom stereocenters. The maximum atomic E-state index is 5.70. The van der Waals surface area contributed by atoms with Crippen LogP contribution < -0.4 is 54.7 Å². The van der Waals surface area contributed by atoms with Crippen molar-refractivity contribution < 1.29 is 56.1 Å². The molecule has 0 aromatic heterocycles. The maximum absolute atomic E-state index is 5.70. The molecule has 0 heterocycles. The van der Waals surface area contributed by atoms with Gasteiger partial charge >= 0.3 is 37.7 Å². The molecule has 0 radical (unpaired) electrons. The largest absolute Gasteiger partial charge is 1.00 e. The van der Waals surface area contributed by atoms with Crippen LogP contribution in [-0.4, -0.2) is 26.8 Å². The second kappa shape index (κ2) is 11.7. The molecule has 9 heteroatoms. The maximum Gasteiger partial charge on any atom is 1.00 e. The zero-order valence-corrected chi connectivity index (χ0v) is 22.3. The van der Waals surface area contributed by atoms with Crippen LogP contribution in [0.4, 0.5) is 0 Å². The van der Waals surface area contributed by atoms with E-state index in [1.807, 2.05) is 0 Å². The Morgan fingerprint density at radius 3 is 1.12 bits per heavy atom. The Labute approximate surface area is 220 Å². The van der Waals surface area contributed by atoms with Gasteiger partial charge in [-0.2, -0.15) is 0 Å². The Balaban J connectivity index is -0.000000123. The Hall–Kier alpha value is 3.53. The number of hydrogen-bond acceptors (Lipinski definition) is 0. The summed E-state index contributed by atoms with van der Waals surface area (Å²) in [6.45, 7) is 3.53. The van der Waals surface area contributed by atoms with E-state index in [0.717, 1.165) is 22.8 Å². The summed E-state index contributed by atoms with van der Waals surface area (Å²) >= 11 is 28.9.